The third-order valence-electron chi connectivity index (χ3n) is 10.2. The number of methoxy groups -OCH3 is 3. The van der Waals surface area contributed by atoms with Crippen molar-refractivity contribution < 1.29 is 106 Å². The molecule has 0 saturated carbocycles. The molecule has 0 saturated heterocycles. The van der Waals surface area contributed by atoms with Crippen LogP contribution in [0, 0.1) is 26.0 Å². The predicted molar refractivity (Wildman–Crippen MR) is 273 cm³/mol. The van der Waals surface area contributed by atoms with Crippen molar-refractivity contribution in [2.45, 2.75) is 97.8 Å². The largest absolute Gasteiger partial charge is 1.00 e. The van der Waals surface area contributed by atoms with Crippen LogP contribution in [0.2, 0.25) is 0 Å². The van der Waals surface area contributed by atoms with Crippen LogP contribution < -0.4 is 40.5 Å². The zero-order valence-corrected chi connectivity index (χ0v) is 42.7. The predicted octanol–water partition coefficient (Wildman–Crippen LogP) is 3.94. The fourth-order valence-corrected chi connectivity index (χ4v) is 7.03. The summed E-state index contributed by atoms with van der Waals surface area (Å²) in [6.45, 7) is 7.02. The number of carboxylic acid groups (broad SMARTS) is 3. The molecule has 0 fully saturated rings. The van der Waals surface area contributed by atoms with Crippen molar-refractivity contribution in [1.29, 1.82) is 0 Å². The Labute approximate surface area is 453 Å². The van der Waals surface area contributed by atoms with E-state index >= 15 is 0 Å². The smallest absolute Gasteiger partial charge is 0.870 e. The molecule has 4 aromatic carbocycles. The Kier molecular flexibility index (Phi) is 31.5. The van der Waals surface area contributed by atoms with Gasteiger partial charge in [-0.2, -0.15) is 4.39 Å². The van der Waals surface area contributed by atoms with Crippen LogP contribution in [0.25, 0.3) is 0 Å². The number of nitrogens with zero attached hydrogens (tertiary/aromatic N) is 2. The summed E-state index contributed by atoms with van der Waals surface area (Å²) in [5.74, 6) is -5.76. The van der Waals surface area contributed by atoms with Crippen LogP contribution in [0.1, 0.15) is 113 Å². The van der Waals surface area contributed by atoms with Gasteiger partial charge in [-0.25, -0.2) is 19.2 Å². The van der Waals surface area contributed by atoms with Crippen molar-refractivity contribution in [1.82, 2.24) is 0 Å². The van der Waals surface area contributed by atoms with Gasteiger partial charge in [-0.05, 0) is 63.1 Å². The van der Waals surface area contributed by atoms with E-state index in [0.717, 1.165) is 43.2 Å². The van der Waals surface area contributed by atoms with E-state index in [1.807, 2.05) is 19.9 Å². The minimum atomic E-state index is -1.18. The molecule has 4 atom stereocenters. The van der Waals surface area contributed by atoms with Gasteiger partial charge in [0.05, 0.1) is 72.1 Å². The molecule has 4 aromatic rings. The van der Waals surface area contributed by atoms with E-state index in [0.29, 0.717) is 36.9 Å². The average molecular weight is 1080 g/mol. The first kappa shape index (κ1) is 70.8. The number of anilines is 3. The van der Waals surface area contributed by atoms with Crippen LogP contribution >= 0.6 is 0 Å². The number of para-hydroxylation sites is 3. The number of aliphatic carboxylic acids is 2. The molecule has 0 amide bonds. The van der Waals surface area contributed by atoms with Crippen LogP contribution in [-0.2, 0) is 46.2 Å². The summed E-state index contributed by atoms with van der Waals surface area (Å²) >= 11 is 0. The first-order valence-corrected chi connectivity index (χ1v) is 22.2. The summed E-state index contributed by atoms with van der Waals surface area (Å²) in [4.78, 5) is 109. The van der Waals surface area contributed by atoms with Gasteiger partial charge in [-0.1, -0.05) is 43.8 Å². The number of nitrogens with two attached hydrogens (primary N) is 1. The van der Waals surface area contributed by atoms with Crippen molar-refractivity contribution in [3.8, 4) is 0 Å². The molecule has 0 aromatic heterocycles. The second kappa shape index (κ2) is 34.3. The van der Waals surface area contributed by atoms with Gasteiger partial charge >= 0.3 is 60.4 Å². The number of hydrogen-bond acceptors (Lipinski definition) is 20. The standard InChI is InChI=1S/C13H15NO3.C12H14N2O6.C12H13NO3.C8H6FNO4.C4H9NO2.CH4.Li.H2O/c1-8-6-10(15)7-9-4-3-5-11(12(9)14-8)13(16)17-2;1-7(6-10(15)16)13-11-8(12(17)20-2)4-3-5-9(11)14(18)19;1-7-5-9(14)6-8-3-2-4-10(12(15)16)11(8)13-7;1-14-8(11)5-3-2-4-6(7(5)9)10(12)13;1-3(5)2-4(6)7;;;/h3-5,8,14H,6-7H2,1-2H3;3-5,7,13H,6H2,1-2H3,(H,15,16);2-4,7,13H,5-6H2,1H3,(H,15,16);2-4H,1H3;3H,2,5H2,1H3,(H,6,7);1H4;;1H2/q;;;;;;+1;/p-1/t8-;2*7-;;3-;;;/m111.1.../s1. The maximum absolute atomic E-state index is 13.2. The average Bonchev–Trinajstić information content (AvgIpc) is 3.57. The number of aromatic carboxylic acids is 1. The Bertz CT molecular complexity index is 2740. The molecule has 0 spiro atoms. The summed E-state index contributed by atoms with van der Waals surface area (Å²) in [7, 11) is 3.58. The maximum Gasteiger partial charge on any atom is 1.00 e. The monoisotopic (exact) mass is 1080 g/mol. The Hall–Kier alpha value is -8.31. The fourth-order valence-electron chi connectivity index (χ4n) is 7.03. The van der Waals surface area contributed by atoms with E-state index in [9.17, 15) is 63.0 Å². The molecule has 2 aliphatic heterocycles. The number of ether oxygens (including phenoxy) is 3. The number of nitro groups is 2. The molecule has 2 aliphatic rings. The van der Waals surface area contributed by atoms with Gasteiger partial charge in [0.25, 0.3) is 5.69 Å². The molecule has 414 valence electrons. The number of carbonyl (C=O) groups excluding carboxylic acids is 5. The number of fused-ring (bicyclic) bond motifs is 2. The number of esters is 3. The quantitative estimate of drug-likeness (QED) is 0.0347. The normalized spacial score (nSPS) is 14.2. The van der Waals surface area contributed by atoms with E-state index in [1.54, 1.807) is 44.2 Å². The Morgan fingerprint density at radius 3 is 1.45 bits per heavy atom. The van der Waals surface area contributed by atoms with Gasteiger partial charge in [0, 0.05) is 62.0 Å². The number of benzene rings is 4. The Balaban J connectivity index is 0. The summed E-state index contributed by atoms with van der Waals surface area (Å²) in [5, 5.41) is 56.0. The number of hydrogen-bond donors (Lipinski definition) is 7. The summed E-state index contributed by atoms with van der Waals surface area (Å²) < 4.78 is 26.8. The van der Waals surface area contributed by atoms with Crippen molar-refractivity contribution in [2.75, 3.05) is 37.3 Å². The number of nitrogens with one attached hydrogen (secondary N) is 3. The van der Waals surface area contributed by atoms with Gasteiger partial charge in [0.2, 0.25) is 5.82 Å². The molecule has 2 heterocycles. The van der Waals surface area contributed by atoms with Gasteiger partial charge in [-0.3, -0.25) is 39.4 Å². The van der Waals surface area contributed by atoms with E-state index in [4.69, 9.17) is 25.8 Å². The van der Waals surface area contributed by atoms with Crippen LogP contribution in [0.3, 0.4) is 0 Å². The van der Waals surface area contributed by atoms with E-state index in [1.165, 1.54) is 31.4 Å². The fraction of sp³-hybridized carbons (Fsp3) is 0.360. The molecule has 0 aliphatic carbocycles. The van der Waals surface area contributed by atoms with E-state index in [2.05, 4.69) is 25.4 Å². The SMILES string of the molecule is C.COC(=O)c1cccc([N+](=O)[O-])c1F.COC(=O)c1cccc([N+](=O)[O-])c1N[C@H](C)CC(=O)O.COC(=O)c1cccc2c1N[C@H](C)CC(=O)C2.C[C@@H](N)CC(=O)O.C[C@@H]1CC(=O)Cc2cccc(C(=O)O)c2N1.[Li+].[OH-]. The van der Waals surface area contributed by atoms with Gasteiger partial charge in [-0.15, -0.1) is 0 Å². The molecule has 0 unspecified atom stereocenters. The first-order valence-electron chi connectivity index (χ1n) is 22.2. The van der Waals surface area contributed by atoms with Gasteiger partial charge in [0.1, 0.15) is 22.8 Å². The van der Waals surface area contributed by atoms with Crippen molar-refractivity contribution in [3.63, 3.8) is 0 Å². The summed E-state index contributed by atoms with van der Waals surface area (Å²) in [6, 6.07) is 16.8. The topological polar surface area (TPSA) is 403 Å². The number of ketones is 2. The zero-order chi connectivity index (χ0) is 56.0. The van der Waals surface area contributed by atoms with Crippen LogP contribution in [0.5, 0.6) is 0 Å². The molecule has 6 rings (SSSR count). The zero-order valence-electron chi connectivity index (χ0n) is 42.7. The van der Waals surface area contributed by atoms with E-state index < -0.39 is 62.8 Å². The molecule has 25 nitrogen and oxygen atoms in total. The maximum atomic E-state index is 13.2. The Morgan fingerprint density at radius 1 is 0.675 bits per heavy atom. The van der Waals surface area contributed by atoms with E-state index in [-0.39, 0.29) is 103 Å². The molecule has 9 N–H and O–H groups in total. The van der Waals surface area contributed by atoms with Crippen LogP contribution in [0.15, 0.2) is 72.8 Å². The Morgan fingerprint density at radius 2 is 1.05 bits per heavy atom. The van der Waals surface area contributed by atoms with Crippen molar-refractivity contribution in [2.24, 2.45) is 5.73 Å². The second-order valence-corrected chi connectivity index (χ2v) is 16.5. The van der Waals surface area contributed by atoms with Gasteiger partial charge in [0.15, 0.2) is 0 Å². The second-order valence-electron chi connectivity index (χ2n) is 16.5. The number of carbonyl (C=O) groups is 8. The molecule has 77 heavy (non-hydrogen) atoms. The number of Topliss-reactive ketones (excluding diaryl/α,β-unsaturated/α-hetero) is 2. The third-order valence-corrected chi connectivity index (χ3v) is 10.2. The summed E-state index contributed by atoms with van der Waals surface area (Å²) in [5.41, 5.74) is 7.24. The molecule has 0 radical (unpaired) electrons. The third kappa shape index (κ3) is 22.6. The summed E-state index contributed by atoms with van der Waals surface area (Å²) in [6.07, 6.45) is 1.42. The minimum absolute atomic E-state index is 0. The van der Waals surface area contributed by atoms with Crippen LogP contribution in [-0.4, -0.2) is 124 Å². The molecule has 27 heteroatoms. The van der Waals surface area contributed by atoms with Crippen LogP contribution in [0.4, 0.5) is 32.8 Å². The number of nitro benzene ring substituents is 2. The van der Waals surface area contributed by atoms with Crippen molar-refractivity contribution in [3.05, 3.63) is 132 Å². The number of rotatable bonds is 12. The first-order chi connectivity index (χ1) is 34.8. The van der Waals surface area contributed by atoms with Crippen molar-refractivity contribution >= 4 is 75.8 Å². The number of halogens is 1. The molecule has 0 bridgehead atoms. The molecular weight excluding hydrogens is 1010 g/mol. The molecular formula is C50H62FLiN6O19. The van der Waals surface area contributed by atoms with Gasteiger partial charge < -0.3 is 56.7 Å². The minimum Gasteiger partial charge on any atom is -0.870 e. The number of carboxylic acids is 3.